The van der Waals surface area contributed by atoms with E-state index in [0.29, 0.717) is 17.5 Å². The van der Waals surface area contributed by atoms with Gasteiger partial charge in [-0.15, -0.1) is 0 Å². The molecular formula is C20H22N2O4. The quantitative estimate of drug-likeness (QED) is 0.324. The van der Waals surface area contributed by atoms with Gasteiger partial charge < -0.3 is 21.7 Å². The molecule has 1 aliphatic carbocycles. The molecule has 0 atom stereocenters. The van der Waals surface area contributed by atoms with E-state index in [4.69, 9.17) is 11.5 Å². The van der Waals surface area contributed by atoms with E-state index in [1.54, 1.807) is 13.0 Å². The molecule has 0 aromatic heterocycles. The predicted octanol–water partition coefficient (Wildman–Crippen LogP) is 3.08. The Morgan fingerprint density at radius 1 is 0.846 bits per heavy atom. The number of rotatable bonds is 4. The maximum absolute atomic E-state index is 13.1. The van der Waals surface area contributed by atoms with Crippen LogP contribution >= 0.6 is 0 Å². The lowest BCUT2D eigenvalue weighted by Crippen LogP contribution is -2.25. The zero-order chi connectivity index (χ0) is 19.2. The standard InChI is InChI=1S/C20H22N2O4/c1-3-4-5-6-10-8-12(22)14-16(18(10)24)20(26)15-13(19(14)25)11(21)7-9(2)17(15)23/h7-8,23-24H,3-6,21-22H2,1-2H3. The van der Waals surface area contributed by atoms with Crippen LogP contribution in [0, 0.1) is 6.92 Å². The molecule has 6 N–H and O–H groups in total. The van der Waals surface area contributed by atoms with Gasteiger partial charge in [-0.05, 0) is 43.0 Å². The van der Waals surface area contributed by atoms with E-state index in [2.05, 4.69) is 6.92 Å². The first kappa shape index (κ1) is 17.8. The van der Waals surface area contributed by atoms with Gasteiger partial charge in [-0.3, -0.25) is 9.59 Å². The van der Waals surface area contributed by atoms with Gasteiger partial charge in [-0.2, -0.15) is 0 Å². The third-order valence-electron chi connectivity index (χ3n) is 4.89. The van der Waals surface area contributed by atoms with Crippen LogP contribution in [0.3, 0.4) is 0 Å². The number of unbranched alkanes of at least 4 members (excludes halogenated alkanes) is 2. The minimum absolute atomic E-state index is 0.0470. The van der Waals surface area contributed by atoms with E-state index >= 15 is 0 Å². The summed E-state index contributed by atoms with van der Waals surface area (Å²) >= 11 is 0. The lowest BCUT2D eigenvalue weighted by atomic mass is 9.79. The van der Waals surface area contributed by atoms with Crippen LogP contribution in [0.2, 0.25) is 0 Å². The smallest absolute Gasteiger partial charge is 0.202 e. The normalized spacial score (nSPS) is 12.8. The third kappa shape index (κ3) is 2.49. The molecule has 2 aromatic carbocycles. The molecule has 1 aliphatic rings. The molecule has 0 saturated heterocycles. The van der Waals surface area contributed by atoms with Gasteiger partial charge in [-0.1, -0.05) is 19.8 Å². The average Bonchev–Trinajstić information content (AvgIpc) is 2.58. The van der Waals surface area contributed by atoms with Crippen LogP contribution in [0.5, 0.6) is 11.5 Å². The highest BCUT2D eigenvalue weighted by molar-refractivity contribution is 6.33. The summed E-state index contributed by atoms with van der Waals surface area (Å²) in [6.45, 7) is 3.66. The molecule has 0 bridgehead atoms. The van der Waals surface area contributed by atoms with Crippen molar-refractivity contribution in [1.29, 1.82) is 0 Å². The number of phenols is 2. The van der Waals surface area contributed by atoms with Crippen LogP contribution < -0.4 is 11.5 Å². The van der Waals surface area contributed by atoms with E-state index in [1.165, 1.54) is 6.07 Å². The maximum atomic E-state index is 13.1. The zero-order valence-electron chi connectivity index (χ0n) is 14.8. The molecule has 2 aromatic rings. The topological polar surface area (TPSA) is 127 Å². The average molecular weight is 354 g/mol. The second kappa shape index (κ2) is 6.37. The van der Waals surface area contributed by atoms with Crippen LogP contribution in [0.25, 0.3) is 0 Å². The Balaban J connectivity index is 2.25. The minimum Gasteiger partial charge on any atom is -0.507 e. The molecule has 6 heteroatoms. The molecule has 0 amide bonds. The monoisotopic (exact) mass is 354 g/mol. The van der Waals surface area contributed by atoms with Crippen LogP contribution in [-0.2, 0) is 6.42 Å². The van der Waals surface area contributed by atoms with Crippen LogP contribution in [0.4, 0.5) is 11.4 Å². The maximum Gasteiger partial charge on any atom is 0.202 e. The Kier molecular flexibility index (Phi) is 4.36. The van der Waals surface area contributed by atoms with Crippen molar-refractivity contribution in [3.8, 4) is 11.5 Å². The lowest BCUT2D eigenvalue weighted by Gasteiger charge is -2.24. The van der Waals surface area contributed by atoms with Crippen molar-refractivity contribution in [3.05, 3.63) is 45.5 Å². The Bertz CT molecular complexity index is 948. The number of aryl methyl sites for hydroxylation is 2. The number of hydrogen-bond donors (Lipinski definition) is 4. The number of aromatic hydroxyl groups is 2. The number of nitrogens with two attached hydrogens (primary N) is 2. The van der Waals surface area contributed by atoms with E-state index in [-0.39, 0.29) is 45.1 Å². The van der Waals surface area contributed by atoms with Crippen molar-refractivity contribution in [2.75, 3.05) is 11.5 Å². The SMILES string of the molecule is CCCCCc1cc(N)c2c(c1O)C(=O)c1c(O)c(C)cc(N)c1C2=O. The molecule has 0 unspecified atom stereocenters. The van der Waals surface area contributed by atoms with E-state index in [9.17, 15) is 19.8 Å². The molecule has 0 heterocycles. The highest BCUT2D eigenvalue weighted by Crippen LogP contribution is 2.43. The first-order chi connectivity index (χ1) is 12.3. The van der Waals surface area contributed by atoms with Gasteiger partial charge in [0.1, 0.15) is 11.5 Å². The van der Waals surface area contributed by atoms with Crippen molar-refractivity contribution in [2.45, 2.75) is 39.5 Å². The van der Waals surface area contributed by atoms with Crippen molar-refractivity contribution in [2.24, 2.45) is 0 Å². The highest BCUT2D eigenvalue weighted by Gasteiger charge is 2.38. The van der Waals surface area contributed by atoms with Crippen molar-refractivity contribution < 1.29 is 19.8 Å². The van der Waals surface area contributed by atoms with E-state index in [1.807, 2.05) is 0 Å². The lowest BCUT2D eigenvalue weighted by molar-refractivity contribution is 0.0975. The largest absolute Gasteiger partial charge is 0.507 e. The third-order valence-corrected chi connectivity index (χ3v) is 4.89. The second-order valence-electron chi connectivity index (χ2n) is 6.72. The number of anilines is 2. The number of nitrogen functional groups attached to an aromatic ring is 2. The van der Waals surface area contributed by atoms with Gasteiger partial charge in [0, 0.05) is 11.4 Å². The number of ketones is 2. The molecule has 0 radical (unpaired) electrons. The molecule has 0 fully saturated rings. The fourth-order valence-corrected chi connectivity index (χ4v) is 3.52. The first-order valence-electron chi connectivity index (χ1n) is 8.65. The Hall–Kier alpha value is -3.02. The Morgan fingerprint density at radius 3 is 2.00 bits per heavy atom. The van der Waals surface area contributed by atoms with Gasteiger partial charge >= 0.3 is 0 Å². The number of phenolic OH excluding ortho intramolecular Hbond substituents is 2. The summed E-state index contributed by atoms with van der Waals surface area (Å²) in [7, 11) is 0. The molecule has 3 rings (SSSR count). The summed E-state index contributed by atoms with van der Waals surface area (Å²) in [5.41, 5.74) is 12.7. The number of carbonyl (C=O) groups is 2. The summed E-state index contributed by atoms with van der Waals surface area (Å²) in [5.74, 6) is -1.74. The number of benzene rings is 2. The van der Waals surface area contributed by atoms with Gasteiger partial charge in [0.15, 0.2) is 5.78 Å². The molecule has 0 aliphatic heterocycles. The molecule has 6 nitrogen and oxygen atoms in total. The first-order valence-corrected chi connectivity index (χ1v) is 8.65. The van der Waals surface area contributed by atoms with E-state index < -0.39 is 11.6 Å². The summed E-state index contributed by atoms with van der Waals surface area (Å²) in [5, 5.41) is 21.0. The number of carbonyl (C=O) groups excluding carboxylic acids is 2. The van der Waals surface area contributed by atoms with Crippen LogP contribution in [-0.4, -0.2) is 21.8 Å². The minimum atomic E-state index is -0.635. The van der Waals surface area contributed by atoms with Crippen LogP contribution in [0.15, 0.2) is 12.1 Å². The van der Waals surface area contributed by atoms with Crippen molar-refractivity contribution in [3.63, 3.8) is 0 Å². The fourth-order valence-electron chi connectivity index (χ4n) is 3.52. The summed E-state index contributed by atoms with van der Waals surface area (Å²) in [4.78, 5) is 26.0. The van der Waals surface area contributed by atoms with Gasteiger partial charge in [-0.25, -0.2) is 0 Å². The molecular weight excluding hydrogens is 332 g/mol. The van der Waals surface area contributed by atoms with Crippen LogP contribution in [0.1, 0.15) is 69.2 Å². The van der Waals surface area contributed by atoms with Crippen molar-refractivity contribution >= 4 is 22.9 Å². The van der Waals surface area contributed by atoms with E-state index in [0.717, 1.165) is 19.3 Å². The number of fused-ring (bicyclic) bond motifs is 2. The highest BCUT2D eigenvalue weighted by atomic mass is 16.3. The summed E-state index contributed by atoms with van der Waals surface area (Å²) in [6, 6.07) is 2.99. The molecule has 0 saturated carbocycles. The molecule has 0 spiro atoms. The van der Waals surface area contributed by atoms with Crippen molar-refractivity contribution in [1.82, 2.24) is 0 Å². The van der Waals surface area contributed by atoms with Gasteiger partial charge in [0.25, 0.3) is 0 Å². The Labute approximate surface area is 151 Å². The second-order valence-corrected chi connectivity index (χ2v) is 6.72. The summed E-state index contributed by atoms with van der Waals surface area (Å²) in [6.07, 6.45) is 3.37. The molecule has 136 valence electrons. The Morgan fingerprint density at radius 2 is 1.38 bits per heavy atom. The number of hydrogen-bond acceptors (Lipinski definition) is 6. The zero-order valence-corrected chi connectivity index (χ0v) is 14.8. The summed E-state index contributed by atoms with van der Waals surface area (Å²) < 4.78 is 0. The molecule has 26 heavy (non-hydrogen) atoms. The van der Waals surface area contributed by atoms with Gasteiger partial charge in [0.2, 0.25) is 5.78 Å². The fraction of sp³-hybridized carbons (Fsp3) is 0.300. The predicted molar refractivity (Wildman–Crippen MR) is 99.9 cm³/mol. The van der Waals surface area contributed by atoms with Gasteiger partial charge in [0.05, 0.1) is 22.3 Å².